The van der Waals surface area contributed by atoms with Gasteiger partial charge in [-0.15, -0.1) is 0 Å². The minimum Gasteiger partial charge on any atom is -0.549 e. The van der Waals surface area contributed by atoms with E-state index in [1.807, 2.05) is 12.1 Å². The van der Waals surface area contributed by atoms with Crippen LogP contribution in [0.4, 0.5) is 0 Å². The summed E-state index contributed by atoms with van der Waals surface area (Å²) in [6.07, 6.45) is 0.394. The third-order valence-corrected chi connectivity index (χ3v) is 6.12. The number of rotatable bonds is 4. The minimum absolute atomic E-state index is 0.0649. The molecule has 3 atom stereocenters. The Kier molecular flexibility index (Phi) is 3.81. The monoisotopic (exact) mass is 283 g/mol. The summed E-state index contributed by atoms with van der Waals surface area (Å²) in [4.78, 5) is 22.4. The van der Waals surface area contributed by atoms with Gasteiger partial charge in [0, 0.05) is 11.9 Å². The van der Waals surface area contributed by atoms with Crippen LogP contribution >= 0.6 is 7.37 Å². The second kappa shape index (κ2) is 5.08. The number of benzene rings is 1. The number of hydrogen-bond donors (Lipinski definition) is 2. The molecule has 2 rings (SSSR count). The number of nitrogens with one attached hydrogen (secondary N) is 1. The molecule has 0 aliphatic heterocycles. The molecule has 19 heavy (non-hydrogen) atoms. The van der Waals surface area contributed by atoms with E-state index in [-0.39, 0.29) is 6.29 Å². The first kappa shape index (κ1) is 14.3. The molecule has 0 spiro atoms. The molecule has 2 N–H and O–H groups in total. The Morgan fingerprint density at radius 1 is 1.47 bits per heavy atom. The predicted octanol–water partition coefficient (Wildman–Crippen LogP) is -1.18. The summed E-state index contributed by atoms with van der Waals surface area (Å²) in [5, 5.41) is 11.4. The zero-order chi connectivity index (χ0) is 14.2. The van der Waals surface area contributed by atoms with E-state index in [1.165, 1.54) is 0 Å². The van der Waals surface area contributed by atoms with Crippen LogP contribution in [0.5, 0.6) is 0 Å². The van der Waals surface area contributed by atoms with E-state index in [0.717, 1.165) is 10.5 Å². The van der Waals surface area contributed by atoms with Crippen molar-refractivity contribution in [2.45, 2.75) is 18.0 Å². The quantitative estimate of drug-likeness (QED) is 0.681. The van der Waals surface area contributed by atoms with Crippen LogP contribution < -0.4 is 10.0 Å². The van der Waals surface area contributed by atoms with Gasteiger partial charge in [0.05, 0.1) is 19.8 Å². The fourth-order valence-corrected chi connectivity index (χ4v) is 5.17. The maximum atomic E-state index is 12.5. The molecule has 0 radical (unpaired) electrons. The average Bonchev–Trinajstić information content (AvgIpc) is 2.67. The predicted molar refractivity (Wildman–Crippen MR) is 69.2 cm³/mol. The van der Waals surface area contributed by atoms with Crippen LogP contribution in [0, 0.1) is 0 Å². The van der Waals surface area contributed by atoms with Gasteiger partial charge in [0.15, 0.2) is 6.29 Å². The van der Waals surface area contributed by atoms with Gasteiger partial charge in [0.1, 0.15) is 0 Å². The second-order valence-corrected chi connectivity index (χ2v) is 7.88. The van der Waals surface area contributed by atoms with E-state index in [1.54, 1.807) is 26.2 Å². The van der Waals surface area contributed by atoms with Crippen molar-refractivity contribution in [2.24, 2.45) is 0 Å². The van der Waals surface area contributed by atoms with Crippen molar-refractivity contribution in [3.8, 4) is 0 Å². The summed E-state index contributed by atoms with van der Waals surface area (Å²) < 4.78 is 12.5. The zero-order valence-electron chi connectivity index (χ0n) is 11.0. The van der Waals surface area contributed by atoms with Crippen LogP contribution in [0.25, 0.3) is 0 Å². The molecule has 1 aromatic rings. The molecule has 5 nitrogen and oxygen atoms in total. The normalized spacial score (nSPS) is 25.1. The number of aliphatic carboxylic acids is 1. The molecule has 1 unspecified atom stereocenters. The number of quaternary nitrogens is 1. The molecule has 1 aliphatic carbocycles. The average molecular weight is 283 g/mol. The van der Waals surface area contributed by atoms with Gasteiger partial charge < -0.3 is 19.7 Å². The molecular formula is C13H18NO4P. The first-order valence-corrected chi connectivity index (χ1v) is 8.13. The largest absolute Gasteiger partial charge is 0.549 e. The lowest BCUT2D eigenvalue weighted by molar-refractivity contribution is -0.846. The Morgan fingerprint density at radius 3 is 2.68 bits per heavy atom. The highest BCUT2D eigenvalue weighted by Crippen LogP contribution is 2.55. The minimum atomic E-state index is -3.55. The first-order chi connectivity index (χ1) is 8.83. The van der Waals surface area contributed by atoms with Crippen LogP contribution in [0.15, 0.2) is 24.3 Å². The lowest BCUT2D eigenvalue weighted by atomic mass is 10.0. The molecule has 0 amide bonds. The van der Waals surface area contributed by atoms with Gasteiger partial charge in [-0.2, -0.15) is 0 Å². The second-order valence-electron chi connectivity index (χ2n) is 5.39. The Hall–Kier alpha value is -1.16. The van der Waals surface area contributed by atoms with Gasteiger partial charge in [-0.3, -0.25) is 4.57 Å². The smallest absolute Gasteiger partial charge is 0.257 e. The number of hydrogen-bond acceptors (Lipinski definition) is 3. The van der Waals surface area contributed by atoms with Crippen LogP contribution in [-0.4, -0.2) is 36.9 Å². The molecule has 0 saturated carbocycles. The topological polar surface area (TPSA) is 81.9 Å². The Labute approximate surface area is 112 Å². The van der Waals surface area contributed by atoms with Gasteiger partial charge in [-0.1, -0.05) is 24.3 Å². The lowest BCUT2D eigenvalue weighted by Gasteiger charge is -2.26. The van der Waals surface area contributed by atoms with E-state index in [9.17, 15) is 19.4 Å². The molecule has 6 heteroatoms. The van der Waals surface area contributed by atoms with Crippen LogP contribution in [0.2, 0.25) is 0 Å². The number of fused-ring (bicyclic) bond motifs is 1. The van der Waals surface area contributed by atoms with E-state index in [2.05, 4.69) is 0 Å². The van der Waals surface area contributed by atoms with E-state index in [4.69, 9.17) is 0 Å². The summed E-state index contributed by atoms with van der Waals surface area (Å²) in [7, 11) is 0.00661. The van der Waals surface area contributed by atoms with Gasteiger partial charge >= 0.3 is 0 Å². The van der Waals surface area contributed by atoms with Gasteiger partial charge in [0.25, 0.3) is 7.37 Å². The van der Waals surface area contributed by atoms with E-state index in [0.29, 0.717) is 12.0 Å². The molecule has 1 aromatic carbocycles. The number of carboxylic acid groups (broad SMARTS) is 1. The highest BCUT2D eigenvalue weighted by atomic mass is 31.2. The van der Waals surface area contributed by atoms with Crippen LogP contribution in [-0.2, 0) is 15.8 Å². The summed E-state index contributed by atoms with van der Waals surface area (Å²) in [5.41, 5.74) is 0.685. The SMILES string of the molecule is C[NH+](C)CP(=O)(O)[C@@H]1Cc2ccccc2[C@@H]1C(=O)[O-]. The summed E-state index contributed by atoms with van der Waals surface area (Å²) in [6.45, 7) is 0. The lowest BCUT2D eigenvalue weighted by Crippen LogP contribution is -3.05. The molecule has 0 bridgehead atoms. The first-order valence-electron chi connectivity index (χ1n) is 6.22. The Balaban J connectivity index is 2.39. The van der Waals surface area contributed by atoms with Crippen molar-refractivity contribution < 1.29 is 24.3 Å². The van der Waals surface area contributed by atoms with Gasteiger partial charge in [-0.25, -0.2) is 0 Å². The zero-order valence-corrected chi connectivity index (χ0v) is 11.9. The molecule has 0 saturated heterocycles. The van der Waals surface area contributed by atoms with Crippen molar-refractivity contribution in [1.82, 2.24) is 0 Å². The van der Waals surface area contributed by atoms with Crippen molar-refractivity contribution >= 4 is 13.3 Å². The van der Waals surface area contributed by atoms with Crippen molar-refractivity contribution in [2.75, 3.05) is 20.4 Å². The highest BCUT2D eigenvalue weighted by Gasteiger charge is 2.45. The highest BCUT2D eigenvalue weighted by molar-refractivity contribution is 7.58. The van der Waals surface area contributed by atoms with Gasteiger partial charge in [0.2, 0.25) is 0 Å². The third kappa shape index (κ3) is 2.73. The number of carbonyl (C=O) groups is 1. The molecule has 104 valence electrons. The van der Waals surface area contributed by atoms with E-state index >= 15 is 0 Å². The van der Waals surface area contributed by atoms with Gasteiger partial charge in [-0.05, 0) is 17.5 Å². The summed E-state index contributed by atoms with van der Waals surface area (Å²) >= 11 is 0. The van der Waals surface area contributed by atoms with E-state index < -0.39 is 24.9 Å². The number of carbonyl (C=O) groups excluding carboxylic acids is 1. The van der Waals surface area contributed by atoms with Crippen molar-refractivity contribution in [3.05, 3.63) is 35.4 Å². The summed E-state index contributed by atoms with van der Waals surface area (Å²) in [6, 6.07) is 7.08. The van der Waals surface area contributed by atoms with Crippen LogP contribution in [0.1, 0.15) is 17.0 Å². The van der Waals surface area contributed by atoms with Crippen LogP contribution in [0.3, 0.4) is 0 Å². The molecule has 0 fully saturated rings. The maximum Gasteiger partial charge on any atom is 0.257 e. The molecule has 0 heterocycles. The molecular weight excluding hydrogens is 265 g/mol. The Bertz CT molecular complexity index is 543. The maximum absolute atomic E-state index is 12.5. The molecule has 0 aromatic heterocycles. The summed E-state index contributed by atoms with van der Waals surface area (Å²) in [5.74, 6) is -2.25. The van der Waals surface area contributed by atoms with Crippen molar-refractivity contribution in [1.29, 1.82) is 0 Å². The molecule has 1 aliphatic rings. The standard InChI is InChI=1S/C13H18NO4P/c1-14(2)8-19(17,18)11-7-9-5-3-4-6-10(9)12(11)13(15)16/h3-6,11-12H,7-8H2,1-2H3,(H,15,16)(H,17,18)/t11-,12+/m1/s1. The third-order valence-electron chi connectivity index (χ3n) is 3.52. The van der Waals surface area contributed by atoms with Crippen molar-refractivity contribution in [3.63, 3.8) is 0 Å². The number of carboxylic acids is 1. The fraction of sp³-hybridized carbons (Fsp3) is 0.462. The fourth-order valence-electron chi connectivity index (χ4n) is 2.80. The Morgan fingerprint density at radius 2 is 2.11 bits per heavy atom.